The summed E-state index contributed by atoms with van der Waals surface area (Å²) >= 11 is 0. The van der Waals surface area contributed by atoms with Gasteiger partial charge in [0, 0.05) is 38.9 Å². The number of likely N-dealkylation sites (N-methyl/N-ethyl adjacent to an activating group) is 2. The topological polar surface area (TPSA) is 160 Å². The van der Waals surface area contributed by atoms with Crippen LogP contribution >= 0.6 is 10.0 Å². The van der Waals surface area contributed by atoms with Gasteiger partial charge in [-0.15, -0.1) is 0 Å². The molecule has 41 heavy (non-hydrogen) atoms. The highest BCUT2D eigenvalue weighted by atomic mass is 32.3. The summed E-state index contributed by atoms with van der Waals surface area (Å²) in [6.45, 7) is 5.56. The molecule has 0 aromatic carbocycles. The van der Waals surface area contributed by atoms with Crippen molar-refractivity contribution in [2.24, 2.45) is 0 Å². The monoisotopic (exact) mass is 607 g/mol. The lowest BCUT2D eigenvalue weighted by Crippen LogP contribution is -2.35. The molecule has 0 atom stereocenters. The summed E-state index contributed by atoms with van der Waals surface area (Å²) in [7, 11) is 2.69. The number of aliphatic hydroxyl groups is 2. The summed E-state index contributed by atoms with van der Waals surface area (Å²) < 4.78 is 27.2. The quantitative estimate of drug-likeness (QED) is 0.104. The summed E-state index contributed by atoms with van der Waals surface area (Å²) in [5, 5.41) is 26.9. The van der Waals surface area contributed by atoms with E-state index in [2.05, 4.69) is 22.4 Å². The summed E-state index contributed by atoms with van der Waals surface area (Å²) in [6.07, 6.45) is 4.18. The van der Waals surface area contributed by atoms with Crippen molar-refractivity contribution in [3.8, 4) is 5.75 Å². The number of pyridine rings is 1. The molecular formula is C27H49N3O10S. The van der Waals surface area contributed by atoms with Crippen LogP contribution in [0.5, 0.6) is 5.75 Å². The van der Waals surface area contributed by atoms with Crippen LogP contribution in [0.1, 0.15) is 18.4 Å². The number of rotatable bonds is 25. The molecule has 1 aromatic rings. The predicted molar refractivity (Wildman–Crippen MR) is 157 cm³/mol. The second kappa shape index (κ2) is 21.6. The van der Waals surface area contributed by atoms with Crippen molar-refractivity contribution in [3.05, 3.63) is 24.0 Å². The van der Waals surface area contributed by atoms with Crippen molar-refractivity contribution in [2.45, 2.75) is 12.7 Å². The molecule has 0 spiro atoms. The fourth-order valence-corrected chi connectivity index (χ4v) is 5.10. The summed E-state index contributed by atoms with van der Waals surface area (Å²) in [5.41, 5.74) is 0.144. The number of amides is 1. The van der Waals surface area contributed by atoms with Crippen LogP contribution in [-0.2, 0) is 28.5 Å². The molecule has 0 radical (unpaired) electrons. The fourth-order valence-electron chi connectivity index (χ4n) is 3.26. The maximum absolute atomic E-state index is 12.7. The standard InChI is InChI=1S/C27H49N3O10S/c1-29(8-13-40-23-5-7-28-24(21-23)27(34)35)10-20-41(3,4)22-25(31)30(2)9-12-37-15-17-39-19-18-38-16-14-36-11-6-26(32)33/h5,7,21,27,34-35H,6,8-20,22H2,1-4H3,(H,32,33). The van der Waals surface area contributed by atoms with Gasteiger partial charge in [0.15, 0.2) is 6.29 Å². The maximum atomic E-state index is 12.7. The third kappa shape index (κ3) is 19.7. The Morgan fingerprint density at radius 3 is 2.05 bits per heavy atom. The zero-order valence-corrected chi connectivity index (χ0v) is 25.7. The third-order valence-corrected chi connectivity index (χ3v) is 8.19. The number of aliphatic carboxylic acids is 1. The number of ether oxygens (including phenoxy) is 5. The molecule has 0 bridgehead atoms. The number of hydrogen-bond acceptors (Lipinski definition) is 11. The lowest BCUT2D eigenvalue weighted by molar-refractivity contribution is -0.138. The van der Waals surface area contributed by atoms with Gasteiger partial charge in [-0.3, -0.25) is 14.6 Å². The van der Waals surface area contributed by atoms with E-state index in [1.54, 1.807) is 18.0 Å². The van der Waals surface area contributed by atoms with E-state index in [-0.39, 0.29) is 24.6 Å². The van der Waals surface area contributed by atoms with E-state index >= 15 is 0 Å². The SMILES string of the molecule is CN(CCOc1ccnc(C(O)O)c1)CCS(C)(C)CC(=O)N(C)CCOCCOCCOCCOCCC(=O)O. The Morgan fingerprint density at radius 2 is 1.46 bits per heavy atom. The zero-order valence-electron chi connectivity index (χ0n) is 24.9. The minimum absolute atomic E-state index is 0.0147. The number of carbonyl (C=O) groups is 2. The fraction of sp³-hybridized carbons (Fsp3) is 0.741. The zero-order chi connectivity index (χ0) is 30.5. The highest BCUT2D eigenvalue weighted by Gasteiger charge is 2.20. The molecule has 0 unspecified atom stereocenters. The van der Waals surface area contributed by atoms with Gasteiger partial charge in [-0.25, -0.2) is 10.0 Å². The molecule has 3 N–H and O–H groups in total. The van der Waals surface area contributed by atoms with E-state index in [9.17, 15) is 19.8 Å². The lowest BCUT2D eigenvalue weighted by atomic mass is 10.3. The van der Waals surface area contributed by atoms with Crippen molar-refractivity contribution in [3.63, 3.8) is 0 Å². The molecule has 1 aromatic heterocycles. The molecule has 14 heteroatoms. The van der Waals surface area contributed by atoms with Crippen LogP contribution in [0.4, 0.5) is 0 Å². The Kier molecular flexibility index (Phi) is 19.5. The number of aromatic nitrogens is 1. The number of carbonyl (C=O) groups excluding carboxylic acids is 1. The van der Waals surface area contributed by atoms with E-state index in [0.29, 0.717) is 77.4 Å². The van der Waals surface area contributed by atoms with Crippen LogP contribution < -0.4 is 4.74 Å². The first-order valence-corrected chi connectivity index (χ1v) is 16.4. The van der Waals surface area contributed by atoms with Gasteiger partial charge in [0.1, 0.15) is 12.4 Å². The highest BCUT2D eigenvalue weighted by Crippen LogP contribution is 2.39. The van der Waals surface area contributed by atoms with Gasteiger partial charge in [0.05, 0.1) is 70.7 Å². The smallest absolute Gasteiger partial charge is 0.305 e. The number of hydrogen-bond donors (Lipinski definition) is 3. The normalized spacial score (nSPS) is 12.2. The van der Waals surface area contributed by atoms with E-state index < -0.39 is 22.3 Å². The number of aliphatic hydroxyl groups excluding tert-OH is 1. The molecule has 1 heterocycles. The van der Waals surface area contributed by atoms with E-state index in [4.69, 9.17) is 28.8 Å². The minimum Gasteiger partial charge on any atom is -0.492 e. The van der Waals surface area contributed by atoms with Crippen molar-refractivity contribution >= 4 is 21.9 Å². The average molecular weight is 608 g/mol. The molecule has 0 aliphatic heterocycles. The molecule has 0 saturated heterocycles. The van der Waals surface area contributed by atoms with Gasteiger partial charge in [-0.05, 0) is 31.4 Å². The van der Waals surface area contributed by atoms with Gasteiger partial charge >= 0.3 is 5.97 Å². The minimum atomic E-state index is -1.63. The van der Waals surface area contributed by atoms with Crippen LogP contribution in [0.25, 0.3) is 0 Å². The molecule has 0 aliphatic carbocycles. The summed E-state index contributed by atoms with van der Waals surface area (Å²) in [6, 6.07) is 3.18. The number of nitrogens with zero attached hydrogens (tertiary/aromatic N) is 3. The maximum Gasteiger partial charge on any atom is 0.305 e. The van der Waals surface area contributed by atoms with Crippen LogP contribution in [0.2, 0.25) is 0 Å². The Balaban J connectivity index is 2.07. The second-order valence-corrected chi connectivity index (χ2v) is 14.2. The molecule has 13 nitrogen and oxygen atoms in total. The third-order valence-electron chi connectivity index (χ3n) is 5.87. The van der Waals surface area contributed by atoms with Crippen LogP contribution in [0, 0.1) is 0 Å². The molecule has 1 amide bonds. The molecule has 238 valence electrons. The lowest BCUT2D eigenvalue weighted by Gasteiger charge is -2.34. The number of carboxylic acid groups (broad SMARTS) is 1. The van der Waals surface area contributed by atoms with Crippen LogP contribution in [0.3, 0.4) is 0 Å². The van der Waals surface area contributed by atoms with Gasteiger partial charge in [0.2, 0.25) is 5.91 Å². The predicted octanol–water partition coefficient (Wildman–Crippen LogP) is 0.439. The average Bonchev–Trinajstić information content (AvgIpc) is 2.91. The van der Waals surface area contributed by atoms with Crippen molar-refractivity contribution in [1.29, 1.82) is 0 Å². The molecule has 0 saturated carbocycles. The van der Waals surface area contributed by atoms with E-state index in [1.165, 1.54) is 12.3 Å². The van der Waals surface area contributed by atoms with Crippen LogP contribution in [0.15, 0.2) is 18.3 Å². The van der Waals surface area contributed by atoms with Crippen molar-refractivity contribution in [1.82, 2.24) is 14.8 Å². The van der Waals surface area contributed by atoms with Crippen LogP contribution in [-0.4, -0.2) is 159 Å². The first-order chi connectivity index (χ1) is 19.5. The number of carboxylic acids is 1. The van der Waals surface area contributed by atoms with Crippen molar-refractivity contribution < 1.29 is 48.6 Å². The summed E-state index contributed by atoms with van der Waals surface area (Å²) in [5.74, 6) is 1.21. The van der Waals surface area contributed by atoms with E-state index in [1.807, 2.05) is 7.05 Å². The molecule has 0 fully saturated rings. The van der Waals surface area contributed by atoms with Gasteiger partial charge in [0.25, 0.3) is 0 Å². The summed E-state index contributed by atoms with van der Waals surface area (Å²) in [4.78, 5) is 30.8. The Bertz CT molecular complexity index is 862. The van der Waals surface area contributed by atoms with Gasteiger partial charge in [-0.2, -0.15) is 0 Å². The Hall–Kier alpha value is -2.04. The molecule has 0 aliphatic rings. The van der Waals surface area contributed by atoms with Crippen molar-refractivity contribution in [2.75, 3.05) is 117 Å². The van der Waals surface area contributed by atoms with Gasteiger partial charge < -0.3 is 48.8 Å². The Morgan fingerprint density at radius 1 is 0.878 bits per heavy atom. The highest BCUT2D eigenvalue weighted by molar-refractivity contribution is 8.33. The first-order valence-electron chi connectivity index (χ1n) is 13.6. The largest absolute Gasteiger partial charge is 0.492 e. The second-order valence-electron chi connectivity index (χ2n) is 9.97. The Labute approximate surface area is 245 Å². The molecular weight excluding hydrogens is 558 g/mol. The molecule has 1 rings (SSSR count). The van der Waals surface area contributed by atoms with Gasteiger partial charge in [-0.1, -0.05) is 0 Å². The van der Waals surface area contributed by atoms with E-state index in [0.717, 1.165) is 12.3 Å². The first kappa shape index (κ1) is 37.0.